The third-order valence-electron chi connectivity index (χ3n) is 2.41. The lowest BCUT2D eigenvalue weighted by atomic mass is 10.0. The van der Waals surface area contributed by atoms with E-state index in [4.69, 9.17) is 15.3 Å². The number of hydrogen-bond donors (Lipinski definition) is 2. The highest BCUT2D eigenvalue weighted by atomic mass is 16.5. The van der Waals surface area contributed by atoms with Crippen molar-refractivity contribution in [2.45, 2.75) is 13.3 Å². The van der Waals surface area contributed by atoms with Gasteiger partial charge in [0.05, 0.1) is 5.56 Å². The minimum absolute atomic E-state index is 0.0229. The number of carbonyl (C=O) groups excluding carboxylic acids is 1. The molecular formula is C14H15NO4. The first-order valence-corrected chi connectivity index (χ1v) is 5.73. The van der Waals surface area contributed by atoms with E-state index in [1.165, 1.54) is 24.3 Å². The summed E-state index contributed by atoms with van der Waals surface area (Å²) in [4.78, 5) is 22.5. The molecule has 5 heteroatoms. The van der Waals surface area contributed by atoms with Gasteiger partial charge in [-0.05, 0) is 18.2 Å². The van der Waals surface area contributed by atoms with E-state index in [0.717, 1.165) is 0 Å². The van der Waals surface area contributed by atoms with Gasteiger partial charge in [-0.3, -0.25) is 10.2 Å². The quantitative estimate of drug-likeness (QED) is 0.582. The average Bonchev–Trinajstić information content (AvgIpc) is 2.42. The van der Waals surface area contributed by atoms with Gasteiger partial charge in [0.15, 0.2) is 5.78 Å². The van der Waals surface area contributed by atoms with Crippen LogP contribution in [0, 0.1) is 5.41 Å². The molecule has 0 aliphatic carbocycles. The largest absolute Gasteiger partial charge is 0.490 e. The number of benzene rings is 1. The van der Waals surface area contributed by atoms with Gasteiger partial charge in [-0.25, -0.2) is 4.79 Å². The Morgan fingerprint density at radius 2 is 2.00 bits per heavy atom. The van der Waals surface area contributed by atoms with E-state index in [1.807, 2.05) is 0 Å². The Labute approximate surface area is 111 Å². The van der Waals surface area contributed by atoms with Gasteiger partial charge in [0.25, 0.3) is 0 Å². The van der Waals surface area contributed by atoms with Crippen LogP contribution in [0.4, 0.5) is 0 Å². The smallest absolute Gasteiger partial charge is 0.335 e. The fourth-order valence-electron chi connectivity index (χ4n) is 1.44. The molecule has 1 aromatic carbocycles. The molecule has 100 valence electrons. The van der Waals surface area contributed by atoms with E-state index in [1.54, 1.807) is 6.92 Å². The van der Waals surface area contributed by atoms with E-state index in [-0.39, 0.29) is 35.6 Å². The molecule has 0 heterocycles. The molecule has 1 rings (SSSR count). The van der Waals surface area contributed by atoms with Crippen molar-refractivity contribution in [3.05, 3.63) is 42.0 Å². The minimum Gasteiger partial charge on any atom is -0.490 e. The Bertz CT molecular complexity index is 534. The summed E-state index contributed by atoms with van der Waals surface area (Å²) in [5.74, 6) is -1.19. The monoisotopic (exact) mass is 261 g/mol. The summed E-state index contributed by atoms with van der Waals surface area (Å²) in [6.45, 7) is 5.36. The van der Waals surface area contributed by atoms with Crippen molar-refractivity contribution >= 4 is 17.5 Å². The molecule has 0 spiro atoms. The maximum absolute atomic E-state index is 11.5. The third-order valence-corrected chi connectivity index (χ3v) is 2.41. The second kappa shape index (κ2) is 6.49. The van der Waals surface area contributed by atoms with Crippen LogP contribution in [0.25, 0.3) is 0 Å². The van der Waals surface area contributed by atoms with E-state index >= 15 is 0 Å². The molecule has 0 aliphatic heterocycles. The first kappa shape index (κ1) is 14.6. The van der Waals surface area contributed by atoms with Crippen molar-refractivity contribution in [2.75, 3.05) is 6.61 Å². The van der Waals surface area contributed by atoms with Gasteiger partial charge in [0, 0.05) is 12.0 Å². The van der Waals surface area contributed by atoms with Crippen LogP contribution in [0.1, 0.15) is 29.3 Å². The van der Waals surface area contributed by atoms with Gasteiger partial charge in [-0.15, -0.1) is 0 Å². The van der Waals surface area contributed by atoms with E-state index in [0.29, 0.717) is 5.75 Å². The minimum atomic E-state index is -1.14. The third kappa shape index (κ3) is 3.77. The molecule has 5 nitrogen and oxygen atoms in total. The fraction of sp³-hybridized carbons (Fsp3) is 0.214. The molecule has 0 saturated heterocycles. The Kier molecular flexibility index (Phi) is 5.00. The number of nitrogens with one attached hydrogen (secondary N) is 1. The van der Waals surface area contributed by atoms with Crippen LogP contribution in [-0.2, 0) is 4.79 Å². The lowest BCUT2D eigenvalue weighted by molar-refractivity contribution is -0.112. The molecule has 0 unspecified atom stereocenters. The highest BCUT2D eigenvalue weighted by Gasteiger charge is 2.14. The van der Waals surface area contributed by atoms with Crippen LogP contribution >= 0.6 is 0 Å². The number of Topliss-reactive ketones (excluding diaryl/α,β-unsaturated/α-hetero) is 1. The van der Waals surface area contributed by atoms with Crippen molar-refractivity contribution in [3.8, 4) is 5.75 Å². The summed E-state index contributed by atoms with van der Waals surface area (Å²) >= 11 is 0. The number of rotatable bonds is 7. The number of ketones is 1. The number of ether oxygens (including phenoxy) is 1. The lowest BCUT2D eigenvalue weighted by Gasteiger charge is -2.08. The maximum Gasteiger partial charge on any atom is 0.335 e. The molecule has 0 fully saturated rings. The molecule has 1 aromatic rings. The predicted octanol–water partition coefficient (Wildman–Crippen LogP) is 2.30. The highest BCUT2D eigenvalue weighted by molar-refractivity contribution is 6.45. The summed E-state index contributed by atoms with van der Waals surface area (Å²) in [5.41, 5.74) is 0.00470. The maximum atomic E-state index is 11.5. The summed E-state index contributed by atoms with van der Waals surface area (Å²) in [7, 11) is 0. The molecule has 2 N–H and O–H groups in total. The summed E-state index contributed by atoms with van der Waals surface area (Å²) in [6.07, 6.45) is 1.72. The molecule has 19 heavy (non-hydrogen) atoms. The standard InChI is InChI=1S/C14H15NO4/c1-3-5-19-11-7-9(13(15)12(16)4-2)6-10(8-11)14(17)18/h3,6-8,15H,1,4-5H2,2H3,(H,17,18). The number of hydrogen-bond acceptors (Lipinski definition) is 4. The highest BCUT2D eigenvalue weighted by Crippen LogP contribution is 2.18. The topological polar surface area (TPSA) is 87.5 Å². The van der Waals surface area contributed by atoms with Gasteiger partial charge < -0.3 is 9.84 Å². The Hall–Kier alpha value is -2.43. The zero-order chi connectivity index (χ0) is 14.4. The van der Waals surface area contributed by atoms with Crippen molar-refractivity contribution in [1.29, 1.82) is 5.41 Å². The zero-order valence-electron chi connectivity index (χ0n) is 10.6. The fourth-order valence-corrected chi connectivity index (χ4v) is 1.44. The molecule has 0 amide bonds. The second-order valence-corrected chi connectivity index (χ2v) is 3.80. The Morgan fingerprint density at radius 1 is 1.37 bits per heavy atom. The van der Waals surface area contributed by atoms with Gasteiger partial charge in [-0.1, -0.05) is 19.6 Å². The van der Waals surface area contributed by atoms with E-state index < -0.39 is 5.97 Å². The Balaban J connectivity index is 3.19. The number of carbonyl (C=O) groups is 2. The SMILES string of the molecule is C=CCOc1cc(C(=N)C(=O)CC)cc(C(=O)O)c1. The van der Waals surface area contributed by atoms with Crippen molar-refractivity contribution in [3.63, 3.8) is 0 Å². The molecular weight excluding hydrogens is 246 g/mol. The van der Waals surface area contributed by atoms with Crippen molar-refractivity contribution in [2.24, 2.45) is 0 Å². The summed E-state index contributed by atoms with van der Waals surface area (Å²) in [5, 5.41) is 16.7. The predicted molar refractivity (Wildman–Crippen MR) is 71.2 cm³/mol. The van der Waals surface area contributed by atoms with Crippen LogP contribution < -0.4 is 4.74 Å². The molecule has 0 radical (unpaired) electrons. The van der Waals surface area contributed by atoms with Crippen molar-refractivity contribution < 1.29 is 19.4 Å². The van der Waals surface area contributed by atoms with Crippen LogP contribution in [-0.4, -0.2) is 29.2 Å². The zero-order valence-corrected chi connectivity index (χ0v) is 10.6. The van der Waals surface area contributed by atoms with Crippen LogP contribution in [0.15, 0.2) is 30.9 Å². The van der Waals surface area contributed by atoms with Crippen LogP contribution in [0.2, 0.25) is 0 Å². The van der Waals surface area contributed by atoms with Crippen LogP contribution in [0.5, 0.6) is 5.75 Å². The molecule has 0 aromatic heterocycles. The lowest BCUT2D eigenvalue weighted by Crippen LogP contribution is -2.14. The first-order chi connectivity index (χ1) is 8.99. The van der Waals surface area contributed by atoms with Gasteiger partial charge in [0.1, 0.15) is 18.1 Å². The number of carboxylic acid groups (broad SMARTS) is 1. The second-order valence-electron chi connectivity index (χ2n) is 3.80. The summed E-state index contributed by atoms with van der Waals surface area (Å²) < 4.78 is 5.26. The average molecular weight is 261 g/mol. The molecule has 0 saturated carbocycles. The van der Waals surface area contributed by atoms with Gasteiger partial charge in [0.2, 0.25) is 0 Å². The Morgan fingerprint density at radius 3 is 2.53 bits per heavy atom. The molecule has 0 atom stereocenters. The van der Waals surface area contributed by atoms with E-state index in [2.05, 4.69) is 6.58 Å². The van der Waals surface area contributed by atoms with Gasteiger partial charge >= 0.3 is 5.97 Å². The molecule has 0 aliphatic rings. The van der Waals surface area contributed by atoms with E-state index in [9.17, 15) is 9.59 Å². The molecule has 0 bridgehead atoms. The first-order valence-electron chi connectivity index (χ1n) is 5.73. The van der Waals surface area contributed by atoms with Crippen LogP contribution in [0.3, 0.4) is 0 Å². The van der Waals surface area contributed by atoms with Gasteiger partial charge in [-0.2, -0.15) is 0 Å². The number of aromatic carboxylic acids is 1. The van der Waals surface area contributed by atoms with Crippen molar-refractivity contribution in [1.82, 2.24) is 0 Å². The normalized spacial score (nSPS) is 9.74. The number of carboxylic acids is 1. The summed E-state index contributed by atoms with van der Waals surface area (Å²) in [6, 6.07) is 4.11.